The highest BCUT2D eigenvalue weighted by Gasteiger charge is 2.37. The SMILES string of the molecule is CCC1(C(=O)Nc2cncc(C)c2)CCNCC1. The van der Waals surface area contributed by atoms with Crippen molar-refractivity contribution in [2.45, 2.75) is 33.1 Å². The molecule has 1 amide bonds. The molecule has 1 aliphatic rings. The molecule has 0 unspecified atom stereocenters. The molecule has 1 aromatic heterocycles. The number of carbonyl (C=O) groups excluding carboxylic acids is 1. The zero-order valence-corrected chi connectivity index (χ0v) is 11.1. The van der Waals surface area contributed by atoms with Gasteiger partial charge in [-0.25, -0.2) is 0 Å². The Balaban J connectivity index is 2.10. The zero-order valence-electron chi connectivity index (χ0n) is 11.1. The van der Waals surface area contributed by atoms with E-state index >= 15 is 0 Å². The van der Waals surface area contributed by atoms with Crippen LogP contribution in [-0.2, 0) is 4.79 Å². The highest BCUT2D eigenvalue weighted by Crippen LogP contribution is 2.33. The van der Waals surface area contributed by atoms with Gasteiger partial charge in [0.2, 0.25) is 5.91 Å². The van der Waals surface area contributed by atoms with Gasteiger partial charge >= 0.3 is 0 Å². The Hall–Kier alpha value is -1.42. The van der Waals surface area contributed by atoms with Gasteiger partial charge < -0.3 is 10.6 Å². The third kappa shape index (κ3) is 2.70. The van der Waals surface area contributed by atoms with Gasteiger partial charge in [-0.15, -0.1) is 0 Å². The first-order valence-corrected chi connectivity index (χ1v) is 6.60. The van der Waals surface area contributed by atoms with Gasteiger partial charge in [-0.2, -0.15) is 0 Å². The smallest absolute Gasteiger partial charge is 0.230 e. The number of carbonyl (C=O) groups is 1. The molecule has 0 atom stereocenters. The van der Waals surface area contributed by atoms with E-state index in [1.165, 1.54) is 0 Å². The summed E-state index contributed by atoms with van der Waals surface area (Å²) in [4.78, 5) is 16.6. The first-order valence-electron chi connectivity index (χ1n) is 6.60. The highest BCUT2D eigenvalue weighted by atomic mass is 16.2. The van der Waals surface area contributed by atoms with E-state index in [1.807, 2.05) is 13.0 Å². The van der Waals surface area contributed by atoms with Crippen LogP contribution in [0.2, 0.25) is 0 Å². The van der Waals surface area contributed by atoms with Gasteiger partial charge in [0.05, 0.1) is 17.3 Å². The Kier molecular flexibility index (Phi) is 3.97. The summed E-state index contributed by atoms with van der Waals surface area (Å²) in [6, 6.07) is 1.95. The van der Waals surface area contributed by atoms with Crippen LogP contribution in [0.15, 0.2) is 18.5 Å². The van der Waals surface area contributed by atoms with Gasteiger partial charge in [0.15, 0.2) is 0 Å². The topological polar surface area (TPSA) is 54.0 Å². The fraction of sp³-hybridized carbons (Fsp3) is 0.571. The summed E-state index contributed by atoms with van der Waals surface area (Å²) in [6.07, 6.45) is 6.20. The highest BCUT2D eigenvalue weighted by molar-refractivity contribution is 5.95. The van der Waals surface area contributed by atoms with Gasteiger partial charge in [-0.1, -0.05) is 6.92 Å². The molecular formula is C14H21N3O. The van der Waals surface area contributed by atoms with Crippen LogP contribution in [0.3, 0.4) is 0 Å². The number of anilines is 1. The van der Waals surface area contributed by atoms with Crippen molar-refractivity contribution in [3.8, 4) is 0 Å². The quantitative estimate of drug-likeness (QED) is 0.860. The summed E-state index contributed by atoms with van der Waals surface area (Å²) in [6.45, 7) is 5.92. The number of nitrogens with zero attached hydrogens (tertiary/aromatic N) is 1. The van der Waals surface area contributed by atoms with Crippen molar-refractivity contribution in [2.75, 3.05) is 18.4 Å². The molecule has 2 N–H and O–H groups in total. The predicted octanol–water partition coefficient (Wildman–Crippen LogP) is 2.11. The number of hydrogen-bond acceptors (Lipinski definition) is 3. The van der Waals surface area contributed by atoms with Crippen molar-refractivity contribution in [3.63, 3.8) is 0 Å². The third-order valence-corrected chi connectivity index (χ3v) is 3.85. The molecule has 0 aromatic carbocycles. The molecule has 98 valence electrons. The average molecular weight is 247 g/mol. The van der Waals surface area contributed by atoms with Crippen molar-refractivity contribution in [2.24, 2.45) is 5.41 Å². The Morgan fingerprint density at radius 1 is 1.44 bits per heavy atom. The third-order valence-electron chi connectivity index (χ3n) is 3.85. The molecule has 0 radical (unpaired) electrons. The fourth-order valence-electron chi connectivity index (χ4n) is 2.53. The molecule has 1 fully saturated rings. The van der Waals surface area contributed by atoms with Crippen LogP contribution in [0.1, 0.15) is 31.7 Å². The van der Waals surface area contributed by atoms with E-state index in [2.05, 4.69) is 22.5 Å². The molecule has 0 saturated carbocycles. The zero-order chi connectivity index (χ0) is 13.0. The molecule has 1 saturated heterocycles. The van der Waals surface area contributed by atoms with Crippen LogP contribution in [0.25, 0.3) is 0 Å². The average Bonchev–Trinajstić information content (AvgIpc) is 2.39. The van der Waals surface area contributed by atoms with Crippen molar-refractivity contribution in [3.05, 3.63) is 24.0 Å². The van der Waals surface area contributed by atoms with Crippen LogP contribution in [-0.4, -0.2) is 24.0 Å². The first-order chi connectivity index (χ1) is 8.66. The Labute approximate surface area is 108 Å². The first kappa shape index (κ1) is 13.0. The molecular weight excluding hydrogens is 226 g/mol. The van der Waals surface area contributed by atoms with E-state index in [4.69, 9.17) is 0 Å². The largest absolute Gasteiger partial charge is 0.324 e. The number of aryl methyl sites for hydroxylation is 1. The predicted molar refractivity (Wildman–Crippen MR) is 72.4 cm³/mol. The molecule has 1 aromatic rings. The van der Waals surface area contributed by atoms with Crippen LogP contribution < -0.4 is 10.6 Å². The standard InChI is InChI=1S/C14H21N3O/c1-3-14(4-6-15-7-5-14)13(18)17-12-8-11(2)9-16-10-12/h8-10,15H,3-7H2,1-2H3,(H,17,18). The van der Waals surface area contributed by atoms with E-state index in [0.717, 1.165) is 43.6 Å². The molecule has 18 heavy (non-hydrogen) atoms. The lowest BCUT2D eigenvalue weighted by Gasteiger charge is -2.35. The van der Waals surface area contributed by atoms with E-state index in [-0.39, 0.29) is 11.3 Å². The van der Waals surface area contributed by atoms with Crippen molar-refractivity contribution in [1.29, 1.82) is 0 Å². The molecule has 4 heteroatoms. The molecule has 1 aliphatic heterocycles. The van der Waals surface area contributed by atoms with Crippen LogP contribution >= 0.6 is 0 Å². The summed E-state index contributed by atoms with van der Waals surface area (Å²) < 4.78 is 0. The summed E-state index contributed by atoms with van der Waals surface area (Å²) in [7, 11) is 0. The second-order valence-electron chi connectivity index (χ2n) is 5.09. The van der Waals surface area contributed by atoms with Crippen molar-refractivity contribution >= 4 is 11.6 Å². The number of pyridine rings is 1. The maximum atomic E-state index is 12.5. The lowest BCUT2D eigenvalue weighted by atomic mass is 9.76. The van der Waals surface area contributed by atoms with E-state index in [1.54, 1.807) is 12.4 Å². The van der Waals surface area contributed by atoms with Gasteiger partial charge in [0, 0.05) is 6.20 Å². The van der Waals surface area contributed by atoms with Crippen LogP contribution in [0, 0.1) is 12.3 Å². The minimum absolute atomic E-state index is 0.138. The number of piperidine rings is 1. The number of rotatable bonds is 3. The molecule has 4 nitrogen and oxygen atoms in total. The number of nitrogens with one attached hydrogen (secondary N) is 2. The van der Waals surface area contributed by atoms with Gasteiger partial charge in [-0.05, 0) is 50.9 Å². The van der Waals surface area contributed by atoms with E-state index < -0.39 is 0 Å². The molecule has 0 bridgehead atoms. The Morgan fingerprint density at radius 2 is 2.17 bits per heavy atom. The lowest BCUT2D eigenvalue weighted by molar-refractivity contribution is -0.127. The maximum absolute atomic E-state index is 12.5. The molecule has 2 heterocycles. The van der Waals surface area contributed by atoms with Gasteiger partial charge in [0.1, 0.15) is 0 Å². The summed E-state index contributed by atoms with van der Waals surface area (Å²) >= 11 is 0. The fourth-order valence-corrected chi connectivity index (χ4v) is 2.53. The van der Waals surface area contributed by atoms with E-state index in [0.29, 0.717) is 0 Å². The normalized spacial score (nSPS) is 18.3. The molecule has 0 spiro atoms. The minimum atomic E-state index is -0.213. The van der Waals surface area contributed by atoms with Crippen molar-refractivity contribution < 1.29 is 4.79 Å². The lowest BCUT2D eigenvalue weighted by Crippen LogP contribution is -2.44. The van der Waals surface area contributed by atoms with Crippen LogP contribution in [0.4, 0.5) is 5.69 Å². The van der Waals surface area contributed by atoms with E-state index in [9.17, 15) is 4.79 Å². The number of aromatic nitrogens is 1. The molecule has 0 aliphatic carbocycles. The Bertz CT molecular complexity index is 425. The number of amides is 1. The second-order valence-corrected chi connectivity index (χ2v) is 5.09. The molecule has 2 rings (SSSR count). The van der Waals surface area contributed by atoms with Gasteiger partial charge in [-0.3, -0.25) is 9.78 Å². The monoisotopic (exact) mass is 247 g/mol. The maximum Gasteiger partial charge on any atom is 0.230 e. The summed E-state index contributed by atoms with van der Waals surface area (Å²) in [5.74, 6) is 0.138. The second kappa shape index (κ2) is 5.48. The van der Waals surface area contributed by atoms with Crippen molar-refractivity contribution in [1.82, 2.24) is 10.3 Å². The minimum Gasteiger partial charge on any atom is -0.324 e. The number of hydrogen-bond donors (Lipinski definition) is 2. The summed E-state index contributed by atoms with van der Waals surface area (Å²) in [5.41, 5.74) is 1.64. The van der Waals surface area contributed by atoms with Crippen LogP contribution in [0.5, 0.6) is 0 Å². The Morgan fingerprint density at radius 3 is 2.78 bits per heavy atom. The van der Waals surface area contributed by atoms with Gasteiger partial charge in [0.25, 0.3) is 0 Å². The summed E-state index contributed by atoms with van der Waals surface area (Å²) in [5, 5.41) is 6.32.